The lowest BCUT2D eigenvalue weighted by Gasteiger charge is -2.22. The van der Waals surface area contributed by atoms with E-state index in [4.69, 9.17) is 17.3 Å². The zero-order valence-electron chi connectivity index (χ0n) is 11.1. The lowest BCUT2D eigenvalue weighted by molar-refractivity contribution is 0.408. The maximum absolute atomic E-state index is 11.5. The number of halogens is 1. The number of nitrogens with two attached hydrogens (primary N) is 1. The minimum Gasteiger partial charge on any atom is -0.399 e. The van der Waals surface area contributed by atoms with Gasteiger partial charge in [0.2, 0.25) is 0 Å². The monoisotopic (exact) mass is 327 g/mol. The van der Waals surface area contributed by atoms with Gasteiger partial charge < -0.3 is 5.73 Å². The number of anilines is 1. The molecule has 3 rings (SSSR count). The van der Waals surface area contributed by atoms with Crippen LogP contribution in [0.15, 0.2) is 18.2 Å². The first-order valence-corrected chi connectivity index (χ1v) is 8.70. The summed E-state index contributed by atoms with van der Waals surface area (Å²) in [5, 5.41) is 12.2. The summed E-state index contributed by atoms with van der Waals surface area (Å²) in [6, 6.07) is 5.06. The lowest BCUT2D eigenvalue weighted by Crippen LogP contribution is -2.26. The van der Waals surface area contributed by atoms with Crippen LogP contribution in [-0.2, 0) is 9.84 Å². The molecule has 2 aromatic rings. The Morgan fingerprint density at radius 3 is 2.71 bits per heavy atom. The van der Waals surface area contributed by atoms with Gasteiger partial charge in [-0.2, -0.15) is 0 Å². The summed E-state index contributed by atoms with van der Waals surface area (Å²) >= 11 is 6.18. The van der Waals surface area contributed by atoms with Crippen LogP contribution in [0.2, 0.25) is 5.02 Å². The number of benzene rings is 1. The van der Waals surface area contributed by atoms with Crippen LogP contribution in [0.3, 0.4) is 0 Å². The topological polar surface area (TPSA) is 104 Å². The van der Waals surface area contributed by atoms with Gasteiger partial charge in [0.05, 0.1) is 22.6 Å². The highest BCUT2D eigenvalue weighted by Crippen LogP contribution is 2.32. The second-order valence-corrected chi connectivity index (χ2v) is 7.78. The first kappa shape index (κ1) is 14.3. The SMILES string of the molecule is Nc1ccc(Cl)c(-c2nnnn2C2CCS(=O)(=O)CC2)c1. The van der Waals surface area contributed by atoms with Gasteiger partial charge in [-0.15, -0.1) is 5.10 Å². The highest BCUT2D eigenvalue weighted by atomic mass is 35.5. The minimum absolute atomic E-state index is 0.0453. The number of rotatable bonds is 2. The standard InChI is InChI=1S/C12H14ClN5O2S/c13-11-2-1-8(14)7-10(11)12-15-16-17-18(12)9-3-5-21(19,20)6-4-9/h1-2,7,9H,3-6,14H2. The van der Waals surface area contributed by atoms with E-state index in [0.717, 1.165) is 0 Å². The Kier molecular flexibility index (Phi) is 3.58. The fourth-order valence-corrected chi connectivity index (χ4v) is 4.12. The van der Waals surface area contributed by atoms with Crippen molar-refractivity contribution in [3.05, 3.63) is 23.2 Å². The molecule has 0 unspecified atom stereocenters. The van der Waals surface area contributed by atoms with Crippen molar-refractivity contribution in [2.45, 2.75) is 18.9 Å². The van der Waals surface area contributed by atoms with E-state index in [1.54, 1.807) is 22.9 Å². The predicted octanol–water partition coefficient (Wildman–Crippen LogP) is 1.33. The molecule has 1 aromatic heterocycles. The summed E-state index contributed by atoms with van der Waals surface area (Å²) < 4.78 is 24.7. The molecule has 9 heteroatoms. The van der Waals surface area contributed by atoms with Gasteiger partial charge in [-0.05, 0) is 41.5 Å². The van der Waals surface area contributed by atoms with E-state index in [1.165, 1.54) is 0 Å². The van der Waals surface area contributed by atoms with Crippen molar-refractivity contribution in [2.75, 3.05) is 17.2 Å². The Morgan fingerprint density at radius 1 is 1.29 bits per heavy atom. The number of aromatic nitrogens is 4. The van der Waals surface area contributed by atoms with Crippen molar-refractivity contribution in [1.29, 1.82) is 0 Å². The third-order valence-electron chi connectivity index (χ3n) is 3.59. The fraction of sp³-hybridized carbons (Fsp3) is 0.417. The molecule has 0 amide bonds. The van der Waals surface area contributed by atoms with E-state index in [-0.39, 0.29) is 17.5 Å². The van der Waals surface area contributed by atoms with Crippen LogP contribution in [0, 0.1) is 0 Å². The summed E-state index contributed by atoms with van der Waals surface area (Å²) in [7, 11) is -2.93. The van der Waals surface area contributed by atoms with Gasteiger partial charge in [0.1, 0.15) is 9.84 Å². The molecule has 0 atom stereocenters. The van der Waals surface area contributed by atoms with Gasteiger partial charge in [0, 0.05) is 11.3 Å². The molecule has 1 aliphatic rings. The number of nitrogen functional groups attached to an aromatic ring is 1. The highest BCUT2D eigenvalue weighted by Gasteiger charge is 2.28. The summed E-state index contributed by atoms with van der Waals surface area (Å²) in [6.45, 7) is 0. The van der Waals surface area contributed by atoms with Gasteiger partial charge in [-0.3, -0.25) is 0 Å². The van der Waals surface area contributed by atoms with Crippen molar-refractivity contribution in [3.8, 4) is 11.4 Å². The molecule has 1 aromatic carbocycles. The van der Waals surface area contributed by atoms with Gasteiger partial charge in [-0.25, -0.2) is 13.1 Å². The number of tetrazole rings is 1. The van der Waals surface area contributed by atoms with E-state index in [2.05, 4.69) is 15.5 Å². The molecule has 21 heavy (non-hydrogen) atoms. The average Bonchev–Trinajstić information content (AvgIpc) is 2.90. The zero-order chi connectivity index (χ0) is 15.0. The summed E-state index contributed by atoms with van der Waals surface area (Å²) in [5.74, 6) is 0.820. The second-order valence-electron chi connectivity index (χ2n) is 5.07. The van der Waals surface area contributed by atoms with E-state index >= 15 is 0 Å². The van der Waals surface area contributed by atoms with Crippen molar-refractivity contribution < 1.29 is 8.42 Å². The molecule has 1 aliphatic heterocycles. The normalized spacial score (nSPS) is 18.7. The average molecular weight is 328 g/mol. The molecule has 112 valence electrons. The van der Waals surface area contributed by atoms with E-state index in [1.807, 2.05) is 0 Å². The van der Waals surface area contributed by atoms with E-state index < -0.39 is 9.84 Å². The number of hydrogen-bond acceptors (Lipinski definition) is 6. The zero-order valence-corrected chi connectivity index (χ0v) is 12.7. The number of sulfone groups is 1. The fourth-order valence-electron chi connectivity index (χ4n) is 2.45. The van der Waals surface area contributed by atoms with Crippen molar-refractivity contribution in [2.24, 2.45) is 0 Å². The Hall–Kier alpha value is -1.67. The summed E-state index contributed by atoms with van der Waals surface area (Å²) in [4.78, 5) is 0. The third kappa shape index (κ3) is 2.86. The molecule has 7 nitrogen and oxygen atoms in total. The van der Waals surface area contributed by atoms with Crippen molar-refractivity contribution in [1.82, 2.24) is 20.2 Å². The van der Waals surface area contributed by atoms with Gasteiger partial charge in [0.15, 0.2) is 5.82 Å². The molecular weight excluding hydrogens is 314 g/mol. The van der Waals surface area contributed by atoms with Gasteiger partial charge in [0.25, 0.3) is 0 Å². The Morgan fingerprint density at radius 2 is 2.00 bits per heavy atom. The first-order chi connectivity index (χ1) is 9.96. The van der Waals surface area contributed by atoms with Crippen LogP contribution < -0.4 is 5.73 Å². The smallest absolute Gasteiger partial charge is 0.183 e. The van der Waals surface area contributed by atoms with Crippen LogP contribution in [-0.4, -0.2) is 40.1 Å². The number of hydrogen-bond donors (Lipinski definition) is 1. The molecule has 1 saturated heterocycles. The molecule has 0 spiro atoms. The second kappa shape index (κ2) is 5.27. The molecule has 2 N–H and O–H groups in total. The van der Waals surface area contributed by atoms with Crippen molar-refractivity contribution >= 4 is 27.1 Å². The van der Waals surface area contributed by atoms with Gasteiger partial charge >= 0.3 is 0 Å². The molecule has 0 aliphatic carbocycles. The largest absolute Gasteiger partial charge is 0.399 e. The number of nitrogens with zero attached hydrogens (tertiary/aromatic N) is 4. The van der Waals surface area contributed by atoms with Crippen LogP contribution in [0.4, 0.5) is 5.69 Å². The quantitative estimate of drug-likeness (QED) is 0.834. The molecule has 2 heterocycles. The van der Waals surface area contributed by atoms with Crippen molar-refractivity contribution in [3.63, 3.8) is 0 Å². The first-order valence-electron chi connectivity index (χ1n) is 6.50. The lowest BCUT2D eigenvalue weighted by atomic mass is 10.1. The summed E-state index contributed by atoms with van der Waals surface area (Å²) in [6.07, 6.45) is 1.00. The molecule has 0 bridgehead atoms. The maximum atomic E-state index is 11.5. The third-order valence-corrected chi connectivity index (χ3v) is 5.64. The minimum atomic E-state index is -2.93. The predicted molar refractivity (Wildman–Crippen MR) is 79.6 cm³/mol. The van der Waals surface area contributed by atoms with E-state index in [0.29, 0.717) is 34.9 Å². The highest BCUT2D eigenvalue weighted by molar-refractivity contribution is 7.91. The maximum Gasteiger partial charge on any atom is 0.183 e. The Labute approximate surface area is 127 Å². The Balaban J connectivity index is 1.96. The van der Waals surface area contributed by atoms with Crippen LogP contribution in [0.25, 0.3) is 11.4 Å². The molecule has 1 fully saturated rings. The van der Waals surface area contributed by atoms with Crippen LogP contribution in [0.1, 0.15) is 18.9 Å². The summed E-state index contributed by atoms with van der Waals surface area (Å²) in [5.41, 5.74) is 7.00. The molecule has 0 saturated carbocycles. The molecule has 0 radical (unpaired) electrons. The molecular formula is C12H14ClN5O2S. The van der Waals surface area contributed by atoms with Gasteiger partial charge in [-0.1, -0.05) is 11.6 Å². The van der Waals surface area contributed by atoms with Crippen LogP contribution in [0.5, 0.6) is 0 Å². The van der Waals surface area contributed by atoms with Crippen LogP contribution >= 0.6 is 11.6 Å². The Bertz CT molecular complexity index is 760. The van der Waals surface area contributed by atoms with E-state index in [9.17, 15) is 8.42 Å².